The molecule has 0 radical (unpaired) electrons. The van der Waals surface area contributed by atoms with E-state index in [1.165, 1.54) is 6.92 Å². The first-order valence-corrected chi connectivity index (χ1v) is 6.67. The quantitative estimate of drug-likeness (QED) is 0.740. The molecule has 5 heteroatoms. The van der Waals surface area contributed by atoms with Crippen molar-refractivity contribution in [3.8, 4) is 0 Å². The van der Waals surface area contributed by atoms with Gasteiger partial charge in [0.25, 0.3) is 0 Å². The molecule has 5 nitrogen and oxygen atoms in total. The molecule has 1 fully saturated rings. The van der Waals surface area contributed by atoms with Gasteiger partial charge < -0.3 is 15.4 Å². The fraction of sp³-hybridized carbons (Fsp3) is 0.714. The van der Waals surface area contributed by atoms with Crippen LogP contribution < -0.4 is 5.73 Å². The van der Waals surface area contributed by atoms with Crippen LogP contribution in [0.25, 0.3) is 0 Å². The Hall–Kier alpha value is -1.52. The number of carbonyl (C=O) groups is 2. The maximum absolute atomic E-state index is 12.0. The van der Waals surface area contributed by atoms with Gasteiger partial charge in [-0.3, -0.25) is 4.79 Å². The maximum Gasteiger partial charge on any atom is 0.410 e. The summed E-state index contributed by atoms with van der Waals surface area (Å²) < 4.78 is 5.35. The molecule has 0 unspecified atom stereocenters. The molecule has 108 valence electrons. The first kappa shape index (κ1) is 15.5. The second-order valence-corrected chi connectivity index (χ2v) is 5.89. The summed E-state index contributed by atoms with van der Waals surface area (Å²) in [5.41, 5.74) is 6.60. The fourth-order valence-electron chi connectivity index (χ4n) is 2.02. The van der Waals surface area contributed by atoms with Gasteiger partial charge in [-0.05, 0) is 45.6 Å². The summed E-state index contributed by atoms with van der Waals surface area (Å²) in [5, 5.41) is 0. The summed E-state index contributed by atoms with van der Waals surface area (Å²) in [6.07, 6.45) is 1.92. The molecular weight excluding hydrogens is 244 g/mol. The Bertz CT molecular complexity index is 394. The molecule has 0 aromatic carbocycles. The van der Waals surface area contributed by atoms with Crippen molar-refractivity contribution in [3.63, 3.8) is 0 Å². The summed E-state index contributed by atoms with van der Waals surface area (Å²) in [6, 6.07) is 0. The molecule has 19 heavy (non-hydrogen) atoms. The minimum atomic E-state index is -0.486. The third-order valence-electron chi connectivity index (χ3n) is 3.00. The molecule has 0 bridgehead atoms. The zero-order valence-electron chi connectivity index (χ0n) is 12.3. The Morgan fingerprint density at radius 2 is 1.84 bits per heavy atom. The lowest BCUT2D eigenvalue weighted by Crippen LogP contribution is -2.37. The minimum absolute atomic E-state index is 0.0966. The van der Waals surface area contributed by atoms with E-state index in [2.05, 4.69) is 0 Å². The normalized spacial score (nSPS) is 19.7. The Kier molecular flexibility index (Phi) is 4.97. The number of likely N-dealkylation sites (tertiary alicyclic amines) is 1. The van der Waals surface area contributed by atoms with Gasteiger partial charge in [0.15, 0.2) is 5.78 Å². The highest BCUT2D eigenvalue weighted by Gasteiger charge is 2.24. The van der Waals surface area contributed by atoms with Crippen molar-refractivity contribution < 1.29 is 14.3 Å². The fourth-order valence-corrected chi connectivity index (χ4v) is 2.02. The molecule has 0 aliphatic carbocycles. The molecular formula is C14H24N2O3. The summed E-state index contributed by atoms with van der Waals surface area (Å²) in [5.74, 6) is -0.0966. The van der Waals surface area contributed by atoms with Gasteiger partial charge in [-0.1, -0.05) is 0 Å². The topological polar surface area (TPSA) is 72.6 Å². The standard InChI is InChI=1S/C14H24N2O3/c1-10(17)12(15)11-6-5-8-16(9-7-11)13(18)19-14(2,3)4/h5-9,15H2,1-4H3/b12-11+. The zero-order chi connectivity index (χ0) is 14.6. The lowest BCUT2D eigenvalue weighted by atomic mass is 10.0. The van der Waals surface area contributed by atoms with Gasteiger partial charge in [-0.15, -0.1) is 0 Å². The number of allylic oxidation sites excluding steroid dienone is 1. The molecule has 1 aliphatic rings. The molecule has 1 aliphatic heterocycles. The summed E-state index contributed by atoms with van der Waals surface area (Å²) in [7, 11) is 0. The third-order valence-corrected chi connectivity index (χ3v) is 3.00. The highest BCUT2D eigenvalue weighted by Crippen LogP contribution is 2.20. The highest BCUT2D eigenvalue weighted by molar-refractivity contribution is 5.93. The van der Waals surface area contributed by atoms with E-state index in [9.17, 15) is 9.59 Å². The predicted molar refractivity (Wildman–Crippen MR) is 73.6 cm³/mol. The van der Waals surface area contributed by atoms with E-state index in [-0.39, 0.29) is 11.9 Å². The van der Waals surface area contributed by atoms with Crippen molar-refractivity contribution in [1.29, 1.82) is 0 Å². The van der Waals surface area contributed by atoms with Crippen LogP contribution in [0.4, 0.5) is 4.79 Å². The van der Waals surface area contributed by atoms with Crippen LogP contribution in [0, 0.1) is 0 Å². The molecule has 0 atom stereocenters. The van der Waals surface area contributed by atoms with Gasteiger partial charge in [0.2, 0.25) is 0 Å². The van der Waals surface area contributed by atoms with Crippen molar-refractivity contribution in [2.45, 2.75) is 52.6 Å². The predicted octanol–water partition coefficient (Wildman–Crippen LogP) is 2.21. The van der Waals surface area contributed by atoms with E-state index in [1.807, 2.05) is 20.8 Å². The molecule has 1 saturated heterocycles. The molecule has 2 N–H and O–H groups in total. The van der Waals surface area contributed by atoms with Crippen LogP contribution in [0.15, 0.2) is 11.3 Å². The average molecular weight is 268 g/mol. The number of rotatable bonds is 1. The first-order chi connectivity index (χ1) is 8.70. The largest absolute Gasteiger partial charge is 0.444 e. The third kappa shape index (κ3) is 4.93. The number of hydrogen-bond acceptors (Lipinski definition) is 4. The van der Waals surface area contributed by atoms with Gasteiger partial charge >= 0.3 is 6.09 Å². The number of amides is 1. The van der Waals surface area contributed by atoms with E-state index in [1.54, 1.807) is 4.90 Å². The maximum atomic E-state index is 12.0. The number of ether oxygens (including phenoxy) is 1. The average Bonchev–Trinajstić information content (AvgIpc) is 2.50. The number of nitrogens with two attached hydrogens (primary N) is 1. The second-order valence-electron chi connectivity index (χ2n) is 5.89. The number of Topliss-reactive ketones (excluding diaryl/α,β-unsaturated/α-hetero) is 1. The molecule has 1 rings (SSSR count). The van der Waals surface area contributed by atoms with E-state index < -0.39 is 5.60 Å². The van der Waals surface area contributed by atoms with E-state index in [0.717, 1.165) is 18.4 Å². The van der Waals surface area contributed by atoms with Gasteiger partial charge in [0.05, 0.1) is 5.70 Å². The summed E-state index contributed by atoms with van der Waals surface area (Å²) >= 11 is 0. The molecule has 0 spiro atoms. The first-order valence-electron chi connectivity index (χ1n) is 6.67. The van der Waals surface area contributed by atoms with Crippen LogP contribution in [0.2, 0.25) is 0 Å². The molecule has 1 amide bonds. The van der Waals surface area contributed by atoms with Gasteiger partial charge in [-0.2, -0.15) is 0 Å². The Morgan fingerprint density at radius 3 is 2.37 bits per heavy atom. The van der Waals surface area contributed by atoms with E-state index in [4.69, 9.17) is 10.5 Å². The van der Waals surface area contributed by atoms with E-state index >= 15 is 0 Å². The van der Waals surface area contributed by atoms with E-state index in [0.29, 0.717) is 25.2 Å². The van der Waals surface area contributed by atoms with Crippen LogP contribution >= 0.6 is 0 Å². The van der Waals surface area contributed by atoms with Gasteiger partial charge in [0.1, 0.15) is 5.60 Å². The Balaban J connectivity index is 2.67. The van der Waals surface area contributed by atoms with Crippen molar-refractivity contribution in [2.24, 2.45) is 5.73 Å². The minimum Gasteiger partial charge on any atom is -0.444 e. The molecule has 0 saturated carbocycles. The van der Waals surface area contributed by atoms with Crippen molar-refractivity contribution >= 4 is 11.9 Å². The SMILES string of the molecule is CC(=O)/C(N)=C1/CCCN(C(=O)OC(C)(C)C)CC1. The summed E-state index contributed by atoms with van der Waals surface area (Å²) in [6.45, 7) is 8.21. The van der Waals surface area contributed by atoms with Crippen LogP contribution in [0.3, 0.4) is 0 Å². The number of nitrogens with zero attached hydrogens (tertiary/aromatic N) is 1. The number of carbonyl (C=O) groups excluding carboxylic acids is 2. The van der Waals surface area contributed by atoms with Crippen LogP contribution in [0.5, 0.6) is 0 Å². The number of hydrogen-bond donors (Lipinski definition) is 1. The van der Waals surface area contributed by atoms with Gasteiger partial charge in [0, 0.05) is 20.0 Å². The molecule has 0 aromatic rings. The molecule has 1 heterocycles. The zero-order valence-corrected chi connectivity index (χ0v) is 12.3. The smallest absolute Gasteiger partial charge is 0.410 e. The number of ketones is 1. The Labute approximate surface area is 114 Å². The van der Waals surface area contributed by atoms with Crippen LogP contribution in [0.1, 0.15) is 47.0 Å². The van der Waals surface area contributed by atoms with Crippen molar-refractivity contribution in [3.05, 3.63) is 11.3 Å². The lowest BCUT2D eigenvalue weighted by Gasteiger charge is -2.26. The van der Waals surface area contributed by atoms with Crippen molar-refractivity contribution in [1.82, 2.24) is 4.90 Å². The highest BCUT2D eigenvalue weighted by atomic mass is 16.6. The lowest BCUT2D eigenvalue weighted by molar-refractivity contribution is -0.113. The monoisotopic (exact) mass is 268 g/mol. The Morgan fingerprint density at radius 1 is 1.21 bits per heavy atom. The van der Waals surface area contributed by atoms with Crippen LogP contribution in [-0.4, -0.2) is 35.5 Å². The summed E-state index contributed by atoms with van der Waals surface area (Å²) in [4.78, 5) is 24.9. The van der Waals surface area contributed by atoms with Crippen molar-refractivity contribution in [2.75, 3.05) is 13.1 Å². The second kappa shape index (κ2) is 6.08. The molecule has 0 aromatic heterocycles. The van der Waals surface area contributed by atoms with Gasteiger partial charge in [-0.25, -0.2) is 4.79 Å². The van der Waals surface area contributed by atoms with Crippen LogP contribution in [-0.2, 0) is 9.53 Å².